The van der Waals surface area contributed by atoms with Crippen LogP contribution in [-0.2, 0) is 4.57 Å². The van der Waals surface area contributed by atoms with Gasteiger partial charge in [-0.2, -0.15) is 0 Å². The first-order chi connectivity index (χ1) is 5.87. The Hall–Kier alpha value is -1.23. The Balaban J connectivity index is 2.96. The van der Waals surface area contributed by atoms with Crippen LogP contribution >= 0.6 is 7.82 Å². The summed E-state index contributed by atoms with van der Waals surface area (Å²) in [6, 6.07) is 4.00. The normalized spacial score (nSPS) is 11.2. The number of phosphoric ester groups is 1. The van der Waals surface area contributed by atoms with Crippen LogP contribution in [0.3, 0.4) is 0 Å². The third-order valence-corrected chi connectivity index (χ3v) is 1.62. The van der Waals surface area contributed by atoms with Crippen molar-refractivity contribution in [1.29, 1.82) is 0 Å². The number of nitrogen functional groups attached to an aromatic ring is 2. The van der Waals surface area contributed by atoms with Gasteiger partial charge in [0.2, 0.25) is 0 Å². The Morgan fingerprint density at radius 2 is 1.62 bits per heavy atom. The standard InChI is InChI=1S/C6H9N2O4P/c7-4-1-5(8)3-6(2-4)12-13(9,10)11/h1-3H,7-8H2,(H2,9,10,11). The van der Waals surface area contributed by atoms with E-state index in [0.29, 0.717) is 0 Å². The van der Waals surface area contributed by atoms with Crippen molar-refractivity contribution in [2.75, 3.05) is 11.5 Å². The van der Waals surface area contributed by atoms with Crippen molar-refractivity contribution in [2.45, 2.75) is 0 Å². The average molecular weight is 204 g/mol. The van der Waals surface area contributed by atoms with Crippen LogP contribution in [0, 0.1) is 0 Å². The highest BCUT2D eigenvalue weighted by Gasteiger charge is 2.15. The predicted octanol–water partition coefficient (Wildman–Crippen LogP) is 0.323. The van der Waals surface area contributed by atoms with Gasteiger partial charge in [0.15, 0.2) is 0 Å². The molecule has 6 N–H and O–H groups in total. The number of phosphoric acid groups is 1. The highest BCUT2D eigenvalue weighted by atomic mass is 31.2. The molecule has 0 saturated heterocycles. The molecule has 0 amide bonds. The molecule has 0 aromatic heterocycles. The second-order valence-corrected chi connectivity index (χ2v) is 3.58. The van der Waals surface area contributed by atoms with Gasteiger partial charge in [0.1, 0.15) is 5.75 Å². The van der Waals surface area contributed by atoms with Crippen LogP contribution in [0.1, 0.15) is 0 Å². The maximum absolute atomic E-state index is 10.4. The van der Waals surface area contributed by atoms with Crippen LogP contribution < -0.4 is 16.0 Å². The second-order valence-electron chi connectivity index (χ2n) is 2.42. The van der Waals surface area contributed by atoms with Crippen LogP contribution in [0.25, 0.3) is 0 Å². The highest BCUT2D eigenvalue weighted by Crippen LogP contribution is 2.38. The fourth-order valence-corrected chi connectivity index (χ4v) is 1.22. The molecular weight excluding hydrogens is 195 g/mol. The quantitative estimate of drug-likeness (QED) is 0.407. The molecule has 7 heteroatoms. The molecule has 6 nitrogen and oxygen atoms in total. The van der Waals surface area contributed by atoms with E-state index in [4.69, 9.17) is 21.3 Å². The summed E-state index contributed by atoms with van der Waals surface area (Å²) in [5.74, 6) is -0.0502. The minimum atomic E-state index is -4.54. The van der Waals surface area contributed by atoms with Crippen LogP contribution in [0.15, 0.2) is 18.2 Å². The van der Waals surface area contributed by atoms with Crippen molar-refractivity contribution in [1.82, 2.24) is 0 Å². The van der Waals surface area contributed by atoms with E-state index < -0.39 is 7.82 Å². The van der Waals surface area contributed by atoms with Crippen molar-refractivity contribution in [3.8, 4) is 5.75 Å². The van der Waals surface area contributed by atoms with Gasteiger partial charge in [-0.15, -0.1) is 0 Å². The van der Waals surface area contributed by atoms with Crippen molar-refractivity contribution >= 4 is 19.2 Å². The van der Waals surface area contributed by atoms with E-state index in [-0.39, 0.29) is 17.1 Å². The van der Waals surface area contributed by atoms with E-state index in [0.717, 1.165) is 0 Å². The molecule has 0 saturated carbocycles. The fourth-order valence-electron chi connectivity index (χ4n) is 0.836. The van der Waals surface area contributed by atoms with Crippen LogP contribution in [0.5, 0.6) is 5.75 Å². The summed E-state index contributed by atoms with van der Waals surface area (Å²) in [6.07, 6.45) is 0. The van der Waals surface area contributed by atoms with E-state index in [9.17, 15) is 4.57 Å². The first kappa shape index (κ1) is 9.85. The first-order valence-electron chi connectivity index (χ1n) is 3.28. The third kappa shape index (κ3) is 3.33. The third-order valence-electron chi connectivity index (χ3n) is 1.18. The van der Waals surface area contributed by atoms with Gasteiger partial charge in [-0.25, -0.2) is 4.57 Å². The molecule has 0 heterocycles. The molecular formula is C6H9N2O4P. The molecule has 1 aromatic rings. The summed E-state index contributed by atoms with van der Waals surface area (Å²) in [5, 5.41) is 0. The zero-order chi connectivity index (χ0) is 10.1. The summed E-state index contributed by atoms with van der Waals surface area (Å²) in [6.45, 7) is 0. The van der Waals surface area contributed by atoms with Gasteiger partial charge in [0.25, 0.3) is 0 Å². The van der Waals surface area contributed by atoms with Gasteiger partial charge < -0.3 is 16.0 Å². The highest BCUT2D eigenvalue weighted by molar-refractivity contribution is 7.46. The number of nitrogens with two attached hydrogens (primary N) is 2. The lowest BCUT2D eigenvalue weighted by Gasteiger charge is -2.07. The molecule has 1 aromatic carbocycles. The number of benzene rings is 1. The lowest BCUT2D eigenvalue weighted by atomic mass is 10.3. The van der Waals surface area contributed by atoms with Gasteiger partial charge in [0, 0.05) is 23.5 Å². The summed E-state index contributed by atoms with van der Waals surface area (Å²) < 4.78 is 14.7. The van der Waals surface area contributed by atoms with Crippen molar-refractivity contribution in [3.63, 3.8) is 0 Å². The van der Waals surface area contributed by atoms with Crippen molar-refractivity contribution < 1.29 is 18.9 Å². The van der Waals surface area contributed by atoms with Gasteiger partial charge in [0.05, 0.1) is 0 Å². The van der Waals surface area contributed by atoms with Gasteiger partial charge in [-0.3, -0.25) is 9.79 Å². The maximum Gasteiger partial charge on any atom is 0.524 e. The van der Waals surface area contributed by atoms with Gasteiger partial charge >= 0.3 is 7.82 Å². The lowest BCUT2D eigenvalue weighted by Crippen LogP contribution is -1.94. The maximum atomic E-state index is 10.4. The molecule has 13 heavy (non-hydrogen) atoms. The smallest absolute Gasteiger partial charge is 0.404 e. The Bertz CT molecular complexity index is 341. The lowest BCUT2D eigenvalue weighted by molar-refractivity contribution is 0.283. The Labute approximate surface area is 74.4 Å². The molecule has 1 rings (SSSR count). The van der Waals surface area contributed by atoms with Crippen molar-refractivity contribution in [2.24, 2.45) is 0 Å². The Morgan fingerprint density at radius 1 is 1.15 bits per heavy atom. The SMILES string of the molecule is Nc1cc(N)cc(OP(=O)(O)O)c1. The number of hydrogen-bond donors (Lipinski definition) is 4. The van der Waals surface area contributed by atoms with E-state index >= 15 is 0 Å². The minimum Gasteiger partial charge on any atom is -0.404 e. The Morgan fingerprint density at radius 3 is 2.00 bits per heavy atom. The summed E-state index contributed by atoms with van der Waals surface area (Å²) >= 11 is 0. The number of anilines is 2. The Kier molecular flexibility index (Phi) is 2.47. The first-order valence-corrected chi connectivity index (χ1v) is 4.81. The molecule has 0 aliphatic rings. The van der Waals surface area contributed by atoms with E-state index in [1.54, 1.807) is 0 Å². The largest absolute Gasteiger partial charge is 0.524 e. The molecule has 0 atom stereocenters. The van der Waals surface area contributed by atoms with E-state index in [1.807, 2.05) is 0 Å². The molecule has 0 unspecified atom stereocenters. The topological polar surface area (TPSA) is 119 Å². The average Bonchev–Trinajstić information content (AvgIpc) is 1.78. The zero-order valence-electron chi connectivity index (χ0n) is 6.54. The molecule has 72 valence electrons. The number of hydrogen-bond acceptors (Lipinski definition) is 4. The summed E-state index contributed by atoms with van der Waals surface area (Å²) in [5.41, 5.74) is 11.3. The second kappa shape index (κ2) is 3.26. The predicted molar refractivity (Wildman–Crippen MR) is 47.9 cm³/mol. The van der Waals surface area contributed by atoms with Gasteiger partial charge in [-0.05, 0) is 6.07 Å². The fraction of sp³-hybridized carbons (Fsp3) is 0. The molecule has 0 aliphatic heterocycles. The number of rotatable bonds is 2. The van der Waals surface area contributed by atoms with E-state index in [1.165, 1.54) is 18.2 Å². The summed E-state index contributed by atoms with van der Waals surface area (Å²) in [4.78, 5) is 16.9. The summed E-state index contributed by atoms with van der Waals surface area (Å²) in [7, 11) is -4.54. The monoisotopic (exact) mass is 204 g/mol. The molecule has 0 bridgehead atoms. The van der Waals surface area contributed by atoms with Crippen LogP contribution in [-0.4, -0.2) is 9.79 Å². The van der Waals surface area contributed by atoms with Gasteiger partial charge in [-0.1, -0.05) is 0 Å². The minimum absolute atomic E-state index is 0.0502. The molecule has 0 radical (unpaired) electrons. The molecule has 0 aliphatic carbocycles. The zero-order valence-corrected chi connectivity index (χ0v) is 7.44. The molecule has 0 spiro atoms. The van der Waals surface area contributed by atoms with Crippen molar-refractivity contribution in [3.05, 3.63) is 18.2 Å². The molecule has 0 fully saturated rings. The van der Waals surface area contributed by atoms with Crippen LogP contribution in [0.2, 0.25) is 0 Å². The van der Waals surface area contributed by atoms with Crippen LogP contribution in [0.4, 0.5) is 11.4 Å². The van der Waals surface area contributed by atoms with E-state index in [2.05, 4.69) is 4.52 Å².